The van der Waals surface area contributed by atoms with Crippen LogP contribution >= 0.6 is 15.6 Å². The molecule has 0 saturated heterocycles. The van der Waals surface area contributed by atoms with Gasteiger partial charge < -0.3 is 33.8 Å². The monoisotopic (exact) mass is 1490 g/mol. The Bertz CT molecular complexity index is 2020. The lowest BCUT2D eigenvalue weighted by atomic mass is 10.0. The molecule has 0 aromatic rings. The third-order valence-electron chi connectivity index (χ3n) is 19.0. The zero-order valence-corrected chi connectivity index (χ0v) is 67.9. The van der Waals surface area contributed by atoms with Crippen LogP contribution in [0.15, 0.2) is 24.3 Å². The number of rotatable bonds is 82. The number of carbonyl (C=O) groups is 4. The summed E-state index contributed by atoms with van der Waals surface area (Å²) < 4.78 is 68.5. The van der Waals surface area contributed by atoms with Crippen LogP contribution in [0.3, 0.4) is 0 Å². The summed E-state index contributed by atoms with van der Waals surface area (Å²) >= 11 is 0. The minimum Gasteiger partial charge on any atom is -0.462 e. The van der Waals surface area contributed by atoms with E-state index in [9.17, 15) is 43.2 Å². The van der Waals surface area contributed by atoms with Crippen molar-refractivity contribution >= 4 is 39.5 Å². The van der Waals surface area contributed by atoms with Crippen molar-refractivity contribution in [1.29, 1.82) is 0 Å². The molecule has 3 N–H and O–H groups in total. The van der Waals surface area contributed by atoms with Crippen molar-refractivity contribution in [3.8, 4) is 0 Å². The van der Waals surface area contributed by atoms with Gasteiger partial charge in [-0.15, -0.1) is 0 Å². The average molecular weight is 1490 g/mol. The van der Waals surface area contributed by atoms with Gasteiger partial charge in [-0.1, -0.05) is 373 Å². The van der Waals surface area contributed by atoms with Crippen LogP contribution in [0.5, 0.6) is 0 Å². The molecule has 102 heavy (non-hydrogen) atoms. The smallest absolute Gasteiger partial charge is 0.462 e. The Balaban J connectivity index is 5.13. The van der Waals surface area contributed by atoms with Crippen molar-refractivity contribution < 1.29 is 80.2 Å². The average Bonchev–Trinajstić information content (AvgIpc) is 0.926. The molecular formula is C83H158O17P2. The Kier molecular flexibility index (Phi) is 74.9. The SMILES string of the molecule is CCCCCC/C=C\C=C/CCCCCCCC(=O)O[C@H](COC(=O)CCCCCCC)COP(=O)(O)OC[C@H](O)COP(=O)(O)OC[C@@H](COC(=O)CCCCCCCCCCCCCCCCCCCCCC)OC(=O)CCCCCCCCCCCCCCCCCCCCCCCC. The predicted molar refractivity (Wildman–Crippen MR) is 418 cm³/mol. The Hall–Kier alpha value is -2.46. The summed E-state index contributed by atoms with van der Waals surface area (Å²) in [7, 11) is -9.92. The van der Waals surface area contributed by atoms with Crippen LogP contribution in [-0.4, -0.2) is 96.7 Å². The molecule has 0 fully saturated rings. The zero-order valence-electron chi connectivity index (χ0n) is 66.1. The fourth-order valence-electron chi connectivity index (χ4n) is 12.5. The van der Waals surface area contributed by atoms with Gasteiger partial charge in [0.05, 0.1) is 26.4 Å². The molecule has 602 valence electrons. The number of aliphatic hydroxyl groups excluding tert-OH is 1. The van der Waals surface area contributed by atoms with Crippen LogP contribution in [0.2, 0.25) is 0 Å². The van der Waals surface area contributed by atoms with Crippen LogP contribution in [0, 0.1) is 0 Å². The third-order valence-corrected chi connectivity index (χ3v) is 20.9. The van der Waals surface area contributed by atoms with E-state index in [1.807, 2.05) is 0 Å². The van der Waals surface area contributed by atoms with Gasteiger partial charge in [0.15, 0.2) is 12.2 Å². The molecule has 0 aliphatic heterocycles. The van der Waals surface area contributed by atoms with Gasteiger partial charge in [0.25, 0.3) is 0 Å². The molecule has 0 aliphatic rings. The number of hydrogen-bond donors (Lipinski definition) is 3. The van der Waals surface area contributed by atoms with E-state index >= 15 is 0 Å². The van der Waals surface area contributed by atoms with Crippen molar-refractivity contribution in [2.24, 2.45) is 0 Å². The molecule has 0 amide bonds. The minimum atomic E-state index is -4.96. The number of allylic oxidation sites excluding steroid dienone is 4. The predicted octanol–water partition coefficient (Wildman–Crippen LogP) is 24.9. The quantitative estimate of drug-likeness (QED) is 0.0169. The number of ether oxygens (including phenoxy) is 4. The number of phosphoric ester groups is 2. The van der Waals surface area contributed by atoms with Crippen molar-refractivity contribution in [3.05, 3.63) is 24.3 Å². The molecule has 0 aromatic heterocycles. The molecule has 0 rings (SSSR count). The highest BCUT2D eigenvalue weighted by Crippen LogP contribution is 2.45. The number of hydrogen-bond acceptors (Lipinski definition) is 15. The van der Waals surface area contributed by atoms with Gasteiger partial charge in [0, 0.05) is 25.7 Å². The highest BCUT2D eigenvalue weighted by Gasteiger charge is 2.30. The van der Waals surface area contributed by atoms with Crippen LogP contribution in [-0.2, 0) is 65.4 Å². The Morgan fingerprint density at radius 1 is 0.275 bits per heavy atom. The van der Waals surface area contributed by atoms with Crippen LogP contribution in [0.25, 0.3) is 0 Å². The number of phosphoric acid groups is 2. The molecule has 19 heteroatoms. The molecule has 17 nitrogen and oxygen atoms in total. The van der Waals surface area contributed by atoms with Crippen molar-refractivity contribution in [2.75, 3.05) is 39.6 Å². The van der Waals surface area contributed by atoms with Crippen LogP contribution in [0.1, 0.15) is 426 Å². The van der Waals surface area contributed by atoms with Gasteiger partial charge in [0.2, 0.25) is 0 Å². The topological polar surface area (TPSA) is 237 Å². The van der Waals surface area contributed by atoms with Crippen LogP contribution < -0.4 is 0 Å². The first-order valence-corrected chi connectivity index (χ1v) is 45.6. The maximum absolute atomic E-state index is 13.1. The second-order valence-corrected chi connectivity index (χ2v) is 32.1. The van der Waals surface area contributed by atoms with E-state index in [0.717, 1.165) is 109 Å². The Morgan fingerprint density at radius 3 is 0.716 bits per heavy atom. The molecule has 5 atom stereocenters. The lowest BCUT2D eigenvalue weighted by molar-refractivity contribution is -0.161. The standard InChI is InChI=1S/C83H158O17P2/c1-5-9-13-17-20-23-26-29-32-34-36-38-39-41-43-46-49-52-55-58-62-66-70-83(88)100-79(74-94-81(86)68-64-60-56-53-50-47-45-42-40-37-35-33-30-27-24-21-18-14-10-6-2)76-98-102(91,92)96-72-77(84)71-95-101(89,90)97-75-78(73-93-80(85)67-63-59-16-12-8-4)99-82(87)69-65-61-57-54-51-48-44-31-28-25-22-19-15-11-7-3/h25,28,31,44,77-79,84H,5-24,26-27,29-30,32-43,45-76H2,1-4H3,(H,89,90)(H,91,92)/b28-25-,44-31-/t77-,78+,79+/m0/s1. The lowest BCUT2D eigenvalue weighted by Crippen LogP contribution is -2.30. The van der Waals surface area contributed by atoms with E-state index in [-0.39, 0.29) is 25.7 Å². The number of carbonyl (C=O) groups excluding carboxylic acids is 4. The molecule has 0 bridgehead atoms. The normalized spacial score (nSPS) is 13.9. The number of aliphatic hydroxyl groups is 1. The van der Waals surface area contributed by atoms with Crippen molar-refractivity contribution in [1.82, 2.24) is 0 Å². The number of esters is 4. The first-order chi connectivity index (χ1) is 49.7. The van der Waals surface area contributed by atoms with Gasteiger partial charge in [-0.3, -0.25) is 37.3 Å². The summed E-state index contributed by atoms with van der Waals surface area (Å²) in [6.07, 6.45) is 73.7. The summed E-state index contributed by atoms with van der Waals surface area (Å²) in [5.41, 5.74) is 0. The number of unbranched alkanes of at least 4 members (excludes halogenated alkanes) is 53. The van der Waals surface area contributed by atoms with E-state index in [1.54, 1.807) is 0 Å². The molecule has 0 saturated carbocycles. The van der Waals surface area contributed by atoms with E-state index < -0.39 is 97.5 Å². The highest BCUT2D eigenvalue weighted by atomic mass is 31.2. The zero-order chi connectivity index (χ0) is 74.6. The van der Waals surface area contributed by atoms with Gasteiger partial charge >= 0.3 is 39.5 Å². The van der Waals surface area contributed by atoms with Crippen molar-refractivity contribution in [2.45, 2.75) is 444 Å². The first kappa shape index (κ1) is 99.5. The summed E-state index contributed by atoms with van der Waals surface area (Å²) in [5.74, 6) is -2.15. The Morgan fingerprint density at radius 2 is 0.471 bits per heavy atom. The minimum absolute atomic E-state index is 0.0847. The van der Waals surface area contributed by atoms with Gasteiger partial charge in [-0.05, 0) is 51.4 Å². The van der Waals surface area contributed by atoms with Gasteiger partial charge in [-0.25, -0.2) is 9.13 Å². The highest BCUT2D eigenvalue weighted by molar-refractivity contribution is 7.47. The van der Waals surface area contributed by atoms with Crippen molar-refractivity contribution in [3.63, 3.8) is 0 Å². The molecule has 0 spiro atoms. The summed E-state index contributed by atoms with van der Waals surface area (Å²) in [6.45, 7) is 4.87. The second-order valence-electron chi connectivity index (χ2n) is 29.2. The summed E-state index contributed by atoms with van der Waals surface area (Å²) in [5, 5.41) is 10.6. The van der Waals surface area contributed by atoms with Gasteiger partial charge in [-0.2, -0.15) is 0 Å². The van der Waals surface area contributed by atoms with E-state index in [1.165, 1.54) is 238 Å². The molecule has 0 aliphatic carbocycles. The fraction of sp³-hybridized carbons (Fsp3) is 0.904. The molecule has 0 radical (unpaired) electrons. The van der Waals surface area contributed by atoms with Crippen LogP contribution in [0.4, 0.5) is 0 Å². The maximum atomic E-state index is 13.1. The molecule has 2 unspecified atom stereocenters. The Labute approximate surface area is 624 Å². The van der Waals surface area contributed by atoms with E-state index in [4.69, 9.17) is 37.0 Å². The lowest BCUT2D eigenvalue weighted by Gasteiger charge is -2.21. The van der Waals surface area contributed by atoms with E-state index in [0.29, 0.717) is 25.7 Å². The first-order valence-electron chi connectivity index (χ1n) is 42.6. The van der Waals surface area contributed by atoms with Gasteiger partial charge in [0.1, 0.15) is 19.3 Å². The second kappa shape index (κ2) is 76.7. The van der Waals surface area contributed by atoms with E-state index in [2.05, 4.69) is 52.0 Å². The largest absolute Gasteiger partial charge is 0.472 e. The maximum Gasteiger partial charge on any atom is 0.472 e. The summed E-state index contributed by atoms with van der Waals surface area (Å²) in [4.78, 5) is 72.7. The fourth-order valence-corrected chi connectivity index (χ4v) is 14.0. The third kappa shape index (κ3) is 75.8. The molecule has 0 aromatic carbocycles. The molecular weight excluding hydrogens is 1330 g/mol. The summed E-state index contributed by atoms with van der Waals surface area (Å²) in [6, 6.07) is 0. The molecule has 0 heterocycles.